The third-order valence-electron chi connectivity index (χ3n) is 5.75. The number of hydrogen-bond acceptors (Lipinski definition) is 3. The van der Waals surface area contributed by atoms with E-state index in [2.05, 4.69) is 29.7 Å². The van der Waals surface area contributed by atoms with E-state index in [-0.39, 0.29) is 18.1 Å². The molecular weight excluding hydrogens is 300 g/mol. The Labute approximate surface area is 145 Å². The molecule has 1 aromatic carbocycles. The van der Waals surface area contributed by atoms with Crippen LogP contribution < -0.4 is 10.6 Å². The first kappa shape index (κ1) is 17.4. The summed E-state index contributed by atoms with van der Waals surface area (Å²) >= 11 is 0. The zero-order valence-corrected chi connectivity index (χ0v) is 15.1. The van der Waals surface area contributed by atoms with Crippen LogP contribution in [0, 0.1) is 32.6 Å². The Balaban J connectivity index is 1.78. The Kier molecular flexibility index (Phi) is 5.26. The number of aryl methyl sites for hydroxylation is 3. The van der Waals surface area contributed by atoms with Gasteiger partial charge in [-0.3, -0.25) is 4.79 Å². The Bertz CT molecular complexity index is 579. The molecule has 1 unspecified atom stereocenters. The summed E-state index contributed by atoms with van der Waals surface area (Å²) in [6, 6.07) is 4.34. The molecule has 1 aromatic rings. The van der Waals surface area contributed by atoms with E-state index in [0.717, 1.165) is 55.5 Å². The lowest BCUT2D eigenvalue weighted by Gasteiger charge is -2.43. The van der Waals surface area contributed by atoms with Gasteiger partial charge in [0.15, 0.2) is 0 Å². The number of nitrogens with one attached hydrogen (secondary N) is 2. The van der Waals surface area contributed by atoms with Gasteiger partial charge in [0.1, 0.15) is 0 Å². The third-order valence-corrected chi connectivity index (χ3v) is 5.75. The summed E-state index contributed by atoms with van der Waals surface area (Å²) in [7, 11) is 0. The Hall–Kier alpha value is -1.39. The second-order valence-corrected chi connectivity index (χ2v) is 7.75. The van der Waals surface area contributed by atoms with Crippen molar-refractivity contribution in [2.45, 2.75) is 58.6 Å². The summed E-state index contributed by atoms with van der Waals surface area (Å²) < 4.78 is 0. The molecule has 2 aliphatic rings. The number of rotatable bonds is 4. The number of hydrogen-bond donors (Lipinski definition) is 3. The molecule has 1 amide bonds. The van der Waals surface area contributed by atoms with Crippen LogP contribution in [0.25, 0.3) is 0 Å². The first-order valence-corrected chi connectivity index (χ1v) is 9.23. The van der Waals surface area contributed by atoms with Gasteiger partial charge in [-0.15, -0.1) is 0 Å². The second-order valence-electron chi connectivity index (χ2n) is 7.75. The van der Waals surface area contributed by atoms with Crippen molar-refractivity contribution in [1.29, 1.82) is 0 Å². The molecule has 4 heteroatoms. The minimum Gasteiger partial charge on any atom is -0.393 e. The number of carbonyl (C=O) groups excluding carboxylic acids is 1. The van der Waals surface area contributed by atoms with Crippen molar-refractivity contribution in [3.8, 4) is 0 Å². The van der Waals surface area contributed by atoms with E-state index in [1.165, 1.54) is 5.56 Å². The third kappa shape index (κ3) is 3.65. The van der Waals surface area contributed by atoms with Crippen molar-refractivity contribution in [1.82, 2.24) is 10.6 Å². The lowest BCUT2D eigenvalue weighted by Crippen LogP contribution is -2.53. The van der Waals surface area contributed by atoms with Crippen LogP contribution in [0.3, 0.4) is 0 Å². The molecule has 1 aliphatic heterocycles. The van der Waals surface area contributed by atoms with E-state index in [9.17, 15) is 9.90 Å². The maximum atomic E-state index is 13.0. The fourth-order valence-electron chi connectivity index (χ4n) is 4.51. The summed E-state index contributed by atoms with van der Waals surface area (Å²) in [5.74, 6) is 0.979. The molecule has 1 saturated carbocycles. The summed E-state index contributed by atoms with van der Waals surface area (Å²) in [6.07, 6.45) is 3.66. The van der Waals surface area contributed by atoms with Crippen molar-refractivity contribution in [2.24, 2.45) is 11.8 Å². The van der Waals surface area contributed by atoms with Crippen LogP contribution in [0.4, 0.5) is 0 Å². The molecule has 4 nitrogen and oxygen atoms in total. The first-order valence-electron chi connectivity index (χ1n) is 9.23. The van der Waals surface area contributed by atoms with Gasteiger partial charge in [-0.25, -0.2) is 0 Å². The number of piperidine rings is 1. The van der Waals surface area contributed by atoms with Crippen molar-refractivity contribution in [3.63, 3.8) is 0 Å². The average molecular weight is 330 g/mol. The molecule has 24 heavy (non-hydrogen) atoms. The highest BCUT2D eigenvalue weighted by Crippen LogP contribution is 2.36. The van der Waals surface area contributed by atoms with Crippen LogP contribution in [0.15, 0.2) is 12.1 Å². The summed E-state index contributed by atoms with van der Waals surface area (Å²) in [4.78, 5) is 13.0. The topological polar surface area (TPSA) is 61.4 Å². The number of carbonyl (C=O) groups is 1. The Morgan fingerprint density at radius 3 is 2.25 bits per heavy atom. The molecule has 0 aromatic heterocycles. The van der Waals surface area contributed by atoms with Crippen LogP contribution in [-0.2, 0) is 0 Å². The number of benzene rings is 1. The van der Waals surface area contributed by atoms with E-state index in [0.29, 0.717) is 11.8 Å². The number of aliphatic hydroxyl groups excluding tert-OH is 1. The van der Waals surface area contributed by atoms with E-state index >= 15 is 0 Å². The summed E-state index contributed by atoms with van der Waals surface area (Å²) in [5, 5.41) is 16.5. The fourth-order valence-corrected chi connectivity index (χ4v) is 4.51. The molecule has 1 atom stereocenters. The molecule has 3 rings (SSSR count). The van der Waals surface area contributed by atoms with E-state index < -0.39 is 0 Å². The van der Waals surface area contributed by atoms with Gasteiger partial charge in [-0.1, -0.05) is 17.7 Å². The van der Waals surface area contributed by atoms with Crippen molar-refractivity contribution >= 4 is 5.91 Å². The van der Waals surface area contributed by atoms with Gasteiger partial charge < -0.3 is 15.7 Å². The minimum absolute atomic E-state index is 0.0509. The average Bonchev–Trinajstić information content (AvgIpc) is 2.49. The largest absolute Gasteiger partial charge is 0.393 e. The van der Waals surface area contributed by atoms with Crippen LogP contribution in [0.2, 0.25) is 0 Å². The molecule has 0 radical (unpaired) electrons. The molecule has 1 aliphatic carbocycles. The van der Waals surface area contributed by atoms with E-state index in [1.54, 1.807) is 0 Å². The Morgan fingerprint density at radius 1 is 1.12 bits per heavy atom. The highest BCUT2D eigenvalue weighted by Gasteiger charge is 2.39. The van der Waals surface area contributed by atoms with Crippen LogP contribution in [0.1, 0.15) is 52.7 Å². The smallest absolute Gasteiger partial charge is 0.252 e. The van der Waals surface area contributed by atoms with Gasteiger partial charge in [0, 0.05) is 11.6 Å². The van der Waals surface area contributed by atoms with Crippen LogP contribution >= 0.6 is 0 Å². The maximum absolute atomic E-state index is 13.0. The molecule has 0 spiro atoms. The zero-order valence-electron chi connectivity index (χ0n) is 15.1. The zero-order chi connectivity index (χ0) is 17.3. The monoisotopic (exact) mass is 330 g/mol. The standard InChI is InChI=1S/C20H30N2O2/c1-12-8-13(2)18(14(3)9-12)20(24)22-19(16-10-17(23)11-16)15-4-6-21-7-5-15/h8-9,15-17,19,21,23H,4-7,10-11H2,1-3H3,(H,22,24). The van der Waals surface area contributed by atoms with Gasteiger partial charge in [0.25, 0.3) is 5.91 Å². The quantitative estimate of drug-likeness (QED) is 0.795. The van der Waals surface area contributed by atoms with Crippen LogP contribution in [-0.4, -0.2) is 36.2 Å². The van der Waals surface area contributed by atoms with Gasteiger partial charge >= 0.3 is 0 Å². The highest BCUT2D eigenvalue weighted by atomic mass is 16.3. The maximum Gasteiger partial charge on any atom is 0.252 e. The van der Waals surface area contributed by atoms with E-state index in [4.69, 9.17) is 0 Å². The minimum atomic E-state index is -0.182. The van der Waals surface area contributed by atoms with Gasteiger partial charge in [-0.05, 0) is 82.5 Å². The van der Waals surface area contributed by atoms with Gasteiger partial charge in [0.2, 0.25) is 0 Å². The van der Waals surface area contributed by atoms with Crippen molar-refractivity contribution in [2.75, 3.05) is 13.1 Å². The second kappa shape index (κ2) is 7.24. The SMILES string of the molecule is Cc1cc(C)c(C(=O)NC(C2CCNCC2)C2CC(O)C2)c(C)c1. The number of amides is 1. The summed E-state index contributed by atoms with van der Waals surface area (Å²) in [5.41, 5.74) is 4.10. The molecular formula is C20H30N2O2. The normalized spacial score (nSPS) is 25.8. The lowest BCUT2D eigenvalue weighted by atomic mass is 9.71. The molecule has 2 fully saturated rings. The molecule has 1 heterocycles. The van der Waals surface area contributed by atoms with E-state index in [1.807, 2.05) is 13.8 Å². The molecule has 0 bridgehead atoms. The Morgan fingerprint density at radius 2 is 1.71 bits per heavy atom. The van der Waals surface area contributed by atoms with Gasteiger partial charge in [0.05, 0.1) is 6.10 Å². The molecule has 3 N–H and O–H groups in total. The van der Waals surface area contributed by atoms with Crippen LogP contribution in [0.5, 0.6) is 0 Å². The van der Waals surface area contributed by atoms with Crippen molar-refractivity contribution in [3.05, 3.63) is 34.4 Å². The molecule has 132 valence electrons. The van der Waals surface area contributed by atoms with Crippen molar-refractivity contribution < 1.29 is 9.90 Å². The summed E-state index contributed by atoms with van der Waals surface area (Å²) in [6.45, 7) is 8.14. The highest BCUT2D eigenvalue weighted by molar-refractivity contribution is 5.97. The lowest BCUT2D eigenvalue weighted by molar-refractivity contribution is 0.00917. The molecule has 1 saturated heterocycles. The fraction of sp³-hybridized carbons (Fsp3) is 0.650. The predicted molar refractivity (Wildman–Crippen MR) is 96.2 cm³/mol. The number of aliphatic hydroxyl groups is 1. The first-order chi connectivity index (χ1) is 11.5. The predicted octanol–water partition coefficient (Wildman–Crippen LogP) is 2.48. The van der Waals surface area contributed by atoms with Gasteiger partial charge in [-0.2, -0.15) is 0 Å².